The molecule has 2 aromatic rings. The maximum Gasteiger partial charge on any atom is 0.242 e. The van der Waals surface area contributed by atoms with E-state index in [0.29, 0.717) is 12.3 Å². The molecule has 2 aromatic carbocycles. The smallest absolute Gasteiger partial charge is 0.242 e. The van der Waals surface area contributed by atoms with Crippen molar-refractivity contribution >= 4 is 23.6 Å². The number of hydrogen-bond donors (Lipinski definition) is 1. The molecule has 32 heavy (non-hydrogen) atoms. The molecular weight excluding hydrogens is 416 g/mol. The molecule has 1 atom stereocenters. The average Bonchev–Trinajstić information content (AvgIpc) is 2.80. The molecule has 172 valence electrons. The molecule has 0 bridgehead atoms. The number of thioether (sulfide) groups is 1. The molecule has 0 spiro atoms. The second kappa shape index (κ2) is 12.7. The lowest BCUT2D eigenvalue weighted by Gasteiger charge is -2.31. The van der Waals surface area contributed by atoms with Gasteiger partial charge in [-0.15, -0.1) is 11.8 Å². The van der Waals surface area contributed by atoms with Crippen molar-refractivity contribution in [1.29, 1.82) is 0 Å². The summed E-state index contributed by atoms with van der Waals surface area (Å²) in [6.45, 7) is 4.50. The lowest BCUT2D eigenvalue weighted by molar-refractivity contribution is -0.138. The lowest BCUT2D eigenvalue weighted by atomic mass is 9.95. The largest absolute Gasteiger partial charge is 0.352 e. The van der Waals surface area contributed by atoms with E-state index in [9.17, 15) is 9.59 Å². The molecule has 0 radical (unpaired) electrons. The van der Waals surface area contributed by atoms with Gasteiger partial charge in [-0.05, 0) is 44.2 Å². The Bertz CT molecular complexity index is 865. The molecule has 1 fully saturated rings. The monoisotopic (exact) mass is 452 g/mol. The van der Waals surface area contributed by atoms with Crippen molar-refractivity contribution < 1.29 is 9.59 Å². The van der Waals surface area contributed by atoms with Crippen LogP contribution in [0.15, 0.2) is 54.6 Å². The predicted molar refractivity (Wildman–Crippen MR) is 134 cm³/mol. The highest BCUT2D eigenvalue weighted by atomic mass is 32.2. The Morgan fingerprint density at radius 2 is 1.75 bits per heavy atom. The summed E-state index contributed by atoms with van der Waals surface area (Å²) < 4.78 is 0. The van der Waals surface area contributed by atoms with E-state index in [-0.39, 0.29) is 17.9 Å². The highest BCUT2D eigenvalue weighted by Crippen LogP contribution is 2.19. The van der Waals surface area contributed by atoms with Gasteiger partial charge in [-0.25, -0.2) is 0 Å². The van der Waals surface area contributed by atoms with Crippen LogP contribution in [0.5, 0.6) is 0 Å². The fourth-order valence-corrected chi connectivity index (χ4v) is 5.14. The topological polar surface area (TPSA) is 49.4 Å². The van der Waals surface area contributed by atoms with Crippen LogP contribution < -0.4 is 5.32 Å². The summed E-state index contributed by atoms with van der Waals surface area (Å²) in [6, 6.07) is 18.3. The zero-order valence-electron chi connectivity index (χ0n) is 19.4. The summed E-state index contributed by atoms with van der Waals surface area (Å²) in [7, 11) is 0. The number of benzene rings is 2. The van der Waals surface area contributed by atoms with Crippen molar-refractivity contribution in [3.05, 3.63) is 71.3 Å². The molecule has 0 saturated heterocycles. The van der Waals surface area contributed by atoms with Gasteiger partial charge in [0.05, 0.1) is 5.75 Å². The molecule has 3 rings (SSSR count). The molecule has 5 heteroatoms. The van der Waals surface area contributed by atoms with E-state index in [0.717, 1.165) is 25.0 Å². The Balaban J connectivity index is 1.60. The van der Waals surface area contributed by atoms with E-state index < -0.39 is 6.04 Å². The maximum atomic E-state index is 13.2. The number of nitrogens with zero attached hydrogens (tertiary/aromatic N) is 1. The van der Waals surface area contributed by atoms with E-state index in [1.54, 1.807) is 16.7 Å². The van der Waals surface area contributed by atoms with Crippen molar-refractivity contribution in [3.8, 4) is 0 Å². The van der Waals surface area contributed by atoms with Crippen LogP contribution in [0.1, 0.15) is 55.7 Å². The zero-order valence-corrected chi connectivity index (χ0v) is 20.2. The van der Waals surface area contributed by atoms with Gasteiger partial charge in [0.25, 0.3) is 0 Å². The molecule has 0 aliphatic heterocycles. The van der Waals surface area contributed by atoms with Crippen LogP contribution in [0.25, 0.3) is 0 Å². The summed E-state index contributed by atoms with van der Waals surface area (Å²) in [5, 5.41) is 3.20. The first kappa shape index (κ1) is 24.4. The molecule has 2 amide bonds. The molecular formula is C27H36N2O2S. The normalized spacial score (nSPS) is 15.2. The van der Waals surface area contributed by atoms with E-state index in [1.165, 1.54) is 36.0 Å². The number of carbonyl (C=O) groups is 2. The third-order valence-corrected chi connectivity index (χ3v) is 7.17. The fraction of sp³-hybridized carbons (Fsp3) is 0.481. The maximum absolute atomic E-state index is 13.2. The summed E-state index contributed by atoms with van der Waals surface area (Å²) >= 11 is 1.62. The highest BCUT2D eigenvalue weighted by molar-refractivity contribution is 7.99. The van der Waals surface area contributed by atoms with E-state index in [4.69, 9.17) is 0 Å². The summed E-state index contributed by atoms with van der Waals surface area (Å²) in [5.41, 5.74) is 3.63. The van der Waals surface area contributed by atoms with Gasteiger partial charge in [0.1, 0.15) is 6.04 Å². The second-order valence-corrected chi connectivity index (χ2v) is 9.81. The third kappa shape index (κ3) is 7.70. The zero-order chi connectivity index (χ0) is 22.8. The van der Waals surface area contributed by atoms with Crippen molar-refractivity contribution in [2.24, 2.45) is 0 Å². The van der Waals surface area contributed by atoms with E-state index in [2.05, 4.69) is 48.6 Å². The highest BCUT2D eigenvalue weighted by Gasteiger charge is 2.27. The van der Waals surface area contributed by atoms with Gasteiger partial charge in [0.15, 0.2) is 0 Å². The van der Waals surface area contributed by atoms with Gasteiger partial charge in [0.2, 0.25) is 11.8 Å². The number of rotatable bonds is 10. The Kier molecular flexibility index (Phi) is 9.66. The first-order chi connectivity index (χ1) is 15.5. The van der Waals surface area contributed by atoms with Gasteiger partial charge in [0, 0.05) is 18.3 Å². The summed E-state index contributed by atoms with van der Waals surface area (Å²) in [5.74, 6) is 1.18. The number of carbonyl (C=O) groups excluding carboxylic acids is 2. The van der Waals surface area contributed by atoms with Crippen LogP contribution in [0.3, 0.4) is 0 Å². The molecule has 1 aliphatic rings. The van der Waals surface area contributed by atoms with Crippen LogP contribution in [0.4, 0.5) is 0 Å². The summed E-state index contributed by atoms with van der Waals surface area (Å²) in [4.78, 5) is 27.9. The van der Waals surface area contributed by atoms with Gasteiger partial charge < -0.3 is 10.2 Å². The average molecular weight is 453 g/mol. The SMILES string of the molecule is Cc1cccc(CSCC(=O)N(CCc2ccccc2)[C@@H](C)C(=O)NC2CCCCC2)c1. The van der Waals surface area contributed by atoms with Crippen LogP contribution in [0, 0.1) is 6.92 Å². The van der Waals surface area contributed by atoms with Crippen LogP contribution >= 0.6 is 11.8 Å². The van der Waals surface area contributed by atoms with Crippen molar-refractivity contribution in [2.45, 2.75) is 70.2 Å². The summed E-state index contributed by atoms with van der Waals surface area (Å²) in [6.07, 6.45) is 6.43. The molecule has 0 heterocycles. The standard InChI is InChI=1S/C27H36N2O2S/c1-21-10-9-13-24(18-21)19-32-20-26(30)29(17-16-23-11-5-3-6-12-23)22(2)27(31)28-25-14-7-4-8-15-25/h3,5-6,9-13,18,22,25H,4,7-8,14-17,19-20H2,1-2H3,(H,28,31)/t22-/m0/s1. The first-order valence-electron chi connectivity index (χ1n) is 11.8. The Hall–Kier alpha value is -2.27. The minimum Gasteiger partial charge on any atom is -0.352 e. The third-order valence-electron chi connectivity index (χ3n) is 6.18. The van der Waals surface area contributed by atoms with Crippen molar-refractivity contribution in [1.82, 2.24) is 10.2 Å². The minimum atomic E-state index is -0.465. The molecule has 4 nitrogen and oxygen atoms in total. The lowest BCUT2D eigenvalue weighted by Crippen LogP contribution is -2.51. The van der Waals surface area contributed by atoms with Gasteiger partial charge in [-0.3, -0.25) is 9.59 Å². The van der Waals surface area contributed by atoms with Gasteiger partial charge in [-0.2, -0.15) is 0 Å². The minimum absolute atomic E-state index is 0.0259. The van der Waals surface area contributed by atoms with Crippen LogP contribution in [-0.4, -0.2) is 41.1 Å². The quantitative estimate of drug-likeness (QED) is 0.543. The first-order valence-corrected chi connectivity index (χ1v) is 13.0. The Morgan fingerprint density at radius 3 is 2.47 bits per heavy atom. The van der Waals surface area contributed by atoms with E-state index >= 15 is 0 Å². The second-order valence-electron chi connectivity index (χ2n) is 8.82. The van der Waals surface area contributed by atoms with Gasteiger partial charge in [-0.1, -0.05) is 79.4 Å². The van der Waals surface area contributed by atoms with E-state index in [1.807, 2.05) is 25.1 Å². The number of hydrogen-bond acceptors (Lipinski definition) is 3. The number of aryl methyl sites for hydroxylation is 1. The molecule has 1 saturated carbocycles. The Morgan fingerprint density at radius 1 is 1.03 bits per heavy atom. The van der Waals surface area contributed by atoms with Crippen molar-refractivity contribution in [3.63, 3.8) is 0 Å². The molecule has 0 aromatic heterocycles. The van der Waals surface area contributed by atoms with Crippen LogP contribution in [-0.2, 0) is 21.8 Å². The van der Waals surface area contributed by atoms with Gasteiger partial charge >= 0.3 is 0 Å². The predicted octanol–water partition coefficient (Wildman–Crippen LogP) is 5.14. The molecule has 0 unspecified atom stereocenters. The van der Waals surface area contributed by atoms with Crippen molar-refractivity contribution in [2.75, 3.05) is 12.3 Å². The molecule has 1 aliphatic carbocycles. The van der Waals surface area contributed by atoms with Crippen LogP contribution in [0.2, 0.25) is 0 Å². The molecule has 1 N–H and O–H groups in total. The number of amides is 2. The number of nitrogens with one attached hydrogen (secondary N) is 1. The fourth-order valence-electron chi connectivity index (χ4n) is 4.28. The Labute approximate surface area is 197 Å².